The van der Waals surface area contributed by atoms with Crippen molar-refractivity contribution in [1.29, 1.82) is 0 Å². The minimum atomic E-state index is 0.827. The quantitative estimate of drug-likeness (QED) is 0.781. The van der Waals surface area contributed by atoms with Gasteiger partial charge >= 0.3 is 0 Å². The van der Waals surface area contributed by atoms with E-state index < -0.39 is 0 Å². The van der Waals surface area contributed by atoms with Gasteiger partial charge in [0.25, 0.3) is 0 Å². The van der Waals surface area contributed by atoms with Crippen LogP contribution in [0, 0.1) is 35.5 Å². The molecule has 0 spiro atoms. The zero-order valence-corrected chi connectivity index (χ0v) is 12.6. The molecule has 0 aliphatic heterocycles. The summed E-state index contributed by atoms with van der Waals surface area (Å²) in [6, 6.07) is 0.827. The minimum Gasteiger partial charge on any atom is -0.317 e. The summed E-state index contributed by atoms with van der Waals surface area (Å²) in [6.45, 7) is 0. The van der Waals surface area contributed by atoms with Crippen LogP contribution < -0.4 is 5.32 Å². The van der Waals surface area contributed by atoms with Gasteiger partial charge in [0.15, 0.2) is 0 Å². The van der Waals surface area contributed by atoms with Crippen LogP contribution in [0.1, 0.15) is 64.2 Å². The van der Waals surface area contributed by atoms with Gasteiger partial charge in [0.2, 0.25) is 0 Å². The van der Waals surface area contributed by atoms with E-state index in [9.17, 15) is 0 Å². The highest BCUT2D eigenvalue weighted by Crippen LogP contribution is 2.52. The standard InChI is InChI=1S/C18H31N/c1-19-18(10-16-8-12-2-4-14(16)6-12)11-17-9-13-3-5-15(17)7-13/h12-19H,2-11H2,1H3. The van der Waals surface area contributed by atoms with Crippen molar-refractivity contribution in [3.8, 4) is 0 Å². The lowest BCUT2D eigenvalue weighted by Crippen LogP contribution is -2.32. The fraction of sp³-hybridized carbons (Fsp3) is 1.00. The number of rotatable bonds is 5. The van der Waals surface area contributed by atoms with Gasteiger partial charge in [0.05, 0.1) is 0 Å². The van der Waals surface area contributed by atoms with E-state index in [1.54, 1.807) is 51.4 Å². The fourth-order valence-corrected chi connectivity index (χ4v) is 6.39. The minimum absolute atomic E-state index is 0.827. The molecule has 1 heteroatoms. The third-order valence-corrected chi connectivity index (χ3v) is 7.35. The summed E-state index contributed by atoms with van der Waals surface area (Å²) in [7, 11) is 2.21. The van der Waals surface area contributed by atoms with E-state index >= 15 is 0 Å². The van der Waals surface area contributed by atoms with Crippen molar-refractivity contribution in [3.63, 3.8) is 0 Å². The number of nitrogens with one attached hydrogen (secondary N) is 1. The van der Waals surface area contributed by atoms with Crippen molar-refractivity contribution in [3.05, 3.63) is 0 Å². The summed E-state index contributed by atoms with van der Waals surface area (Å²) >= 11 is 0. The van der Waals surface area contributed by atoms with Gasteiger partial charge in [-0.3, -0.25) is 0 Å². The molecule has 0 heterocycles. The molecule has 4 bridgehead atoms. The Hall–Kier alpha value is -0.0400. The largest absolute Gasteiger partial charge is 0.317 e. The second-order valence-corrected chi connectivity index (χ2v) is 8.33. The predicted molar refractivity (Wildman–Crippen MR) is 80.0 cm³/mol. The second-order valence-electron chi connectivity index (χ2n) is 8.33. The van der Waals surface area contributed by atoms with Crippen molar-refractivity contribution >= 4 is 0 Å². The molecule has 0 saturated heterocycles. The Kier molecular flexibility index (Phi) is 3.38. The molecule has 4 aliphatic carbocycles. The molecule has 4 fully saturated rings. The third kappa shape index (κ3) is 2.37. The van der Waals surface area contributed by atoms with Gasteiger partial charge in [-0.2, -0.15) is 0 Å². The first-order valence-electron chi connectivity index (χ1n) is 8.99. The third-order valence-electron chi connectivity index (χ3n) is 7.35. The lowest BCUT2D eigenvalue weighted by molar-refractivity contribution is 0.232. The molecule has 6 atom stereocenters. The van der Waals surface area contributed by atoms with Crippen LogP contribution in [0.4, 0.5) is 0 Å². The number of hydrogen-bond acceptors (Lipinski definition) is 1. The van der Waals surface area contributed by atoms with Crippen LogP contribution in [0.15, 0.2) is 0 Å². The fourth-order valence-electron chi connectivity index (χ4n) is 6.39. The molecule has 4 saturated carbocycles. The van der Waals surface area contributed by atoms with Gasteiger partial charge in [0, 0.05) is 6.04 Å². The monoisotopic (exact) mass is 261 g/mol. The van der Waals surface area contributed by atoms with E-state index in [0.717, 1.165) is 41.5 Å². The molecule has 0 aromatic heterocycles. The van der Waals surface area contributed by atoms with Crippen LogP contribution in [-0.4, -0.2) is 13.1 Å². The smallest absolute Gasteiger partial charge is 0.00695 e. The SMILES string of the molecule is CNC(CC1CC2CCC1C2)CC1CC2CCC1C2. The zero-order chi connectivity index (χ0) is 12.8. The Morgan fingerprint density at radius 1 is 0.789 bits per heavy atom. The molecule has 19 heavy (non-hydrogen) atoms. The number of hydrogen-bond donors (Lipinski definition) is 1. The molecular formula is C18H31N. The maximum Gasteiger partial charge on any atom is 0.00695 e. The summed E-state index contributed by atoms with van der Waals surface area (Å²) in [5.41, 5.74) is 0. The maximum absolute atomic E-state index is 3.67. The Labute approximate surface area is 118 Å². The highest BCUT2D eigenvalue weighted by Gasteiger charge is 2.42. The van der Waals surface area contributed by atoms with Gasteiger partial charge in [0.1, 0.15) is 0 Å². The van der Waals surface area contributed by atoms with Crippen molar-refractivity contribution in [1.82, 2.24) is 5.32 Å². The molecule has 0 aromatic carbocycles. The van der Waals surface area contributed by atoms with Crippen LogP contribution in [0.3, 0.4) is 0 Å². The molecule has 6 unspecified atom stereocenters. The normalized spacial score (nSPS) is 49.1. The van der Waals surface area contributed by atoms with Gasteiger partial charge in [-0.1, -0.05) is 12.8 Å². The summed E-state index contributed by atoms with van der Waals surface area (Å²) in [6.07, 6.45) is 15.5. The molecule has 4 rings (SSSR count). The van der Waals surface area contributed by atoms with Crippen molar-refractivity contribution in [2.75, 3.05) is 7.05 Å². The van der Waals surface area contributed by atoms with E-state index in [1.807, 2.05) is 0 Å². The second kappa shape index (κ2) is 5.06. The Balaban J connectivity index is 1.31. The molecule has 1 N–H and O–H groups in total. The molecule has 0 aromatic rings. The topological polar surface area (TPSA) is 12.0 Å². The van der Waals surface area contributed by atoms with Crippen molar-refractivity contribution in [2.45, 2.75) is 70.3 Å². The van der Waals surface area contributed by atoms with Crippen molar-refractivity contribution < 1.29 is 0 Å². The van der Waals surface area contributed by atoms with Crippen LogP contribution >= 0.6 is 0 Å². The van der Waals surface area contributed by atoms with Crippen LogP contribution in [-0.2, 0) is 0 Å². The first-order chi connectivity index (χ1) is 9.31. The molecule has 0 radical (unpaired) electrons. The Morgan fingerprint density at radius 3 is 1.63 bits per heavy atom. The van der Waals surface area contributed by atoms with Gasteiger partial charge in [-0.05, 0) is 93.9 Å². The molecule has 0 amide bonds. The van der Waals surface area contributed by atoms with E-state index in [-0.39, 0.29) is 0 Å². The highest BCUT2D eigenvalue weighted by atomic mass is 14.9. The molecule has 1 nitrogen and oxygen atoms in total. The Morgan fingerprint density at radius 2 is 1.32 bits per heavy atom. The van der Waals surface area contributed by atoms with Crippen LogP contribution in [0.2, 0.25) is 0 Å². The van der Waals surface area contributed by atoms with Gasteiger partial charge in [-0.25, -0.2) is 0 Å². The first kappa shape index (κ1) is 12.7. The van der Waals surface area contributed by atoms with Crippen molar-refractivity contribution in [2.24, 2.45) is 35.5 Å². The average molecular weight is 261 g/mol. The summed E-state index contributed by atoms with van der Waals surface area (Å²) < 4.78 is 0. The average Bonchev–Trinajstić information content (AvgIpc) is 3.18. The lowest BCUT2D eigenvalue weighted by atomic mass is 9.79. The zero-order valence-electron chi connectivity index (χ0n) is 12.6. The van der Waals surface area contributed by atoms with E-state index in [4.69, 9.17) is 0 Å². The predicted octanol–water partition coefficient (Wildman–Crippen LogP) is 4.23. The molecular weight excluding hydrogens is 230 g/mol. The Bertz CT molecular complexity index is 296. The van der Waals surface area contributed by atoms with Gasteiger partial charge < -0.3 is 5.32 Å². The lowest BCUT2D eigenvalue weighted by Gasteiger charge is -2.30. The van der Waals surface area contributed by atoms with Crippen LogP contribution in [0.25, 0.3) is 0 Å². The van der Waals surface area contributed by atoms with E-state index in [1.165, 1.54) is 12.8 Å². The van der Waals surface area contributed by atoms with Crippen LogP contribution in [0.5, 0.6) is 0 Å². The summed E-state index contributed by atoms with van der Waals surface area (Å²) in [4.78, 5) is 0. The maximum atomic E-state index is 3.67. The number of fused-ring (bicyclic) bond motifs is 4. The first-order valence-corrected chi connectivity index (χ1v) is 8.99. The molecule has 108 valence electrons. The van der Waals surface area contributed by atoms with E-state index in [2.05, 4.69) is 12.4 Å². The highest BCUT2D eigenvalue weighted by molar-refractivity contribution is 4.94. The summed E-state index contributed by atoms with van der Waals surface area (Å²) in [5.74, 6) is 6.62. The molecule has 4 aliphatic rings. The van der Waals surface area contributed by atoms with E-state index in [0.29, 0.717) is 0 Å². The summed E-state index contributed by atoms with van der Waals surface area (Å²) in [5, 5.41) is 3.67. The van der Waals surface area contributed by atoms with Gasteiger partial charge in [-0.15, -0.1) is 0 Å².